The summed E-state index contributed by atoms with van der Waals surface area (Å²) in [6.45, 7) is 1.58. The van der Waals surface area contributed by atoms with E-state index >= 15 is 0 Å². The van der Waals surface area contributed by atoms with E-state index in [1.807, 2.05) is 0 Å². The number of nitrogen functional groups attached to an aromatic ring is 1. The number of aliphatic carboxylic acids is 1. The second-order valence-electron chi connectivity index (χ2n) is 11.9. The van der Waals surface area contributed by atoms with Crippen LogP contribution in [0.25, 0.3) is 11.2 Å². The van der Waals surface area contributed by atoms with E-state index < -0.39 is 35.5 Å². The van der Waals surface area contributed by atoms with Gasteiger partial charge in [0.1, 0.15) is 25.5 Å². The number of carbonyl (C=O) groups excluding carboxylic acids is 3. The minimum Gasteiger partial charge on any atom is -0.480 e. The largest absolute Gasteiger partial charge is 0.480 e. The molecule has 0 saturated heterocycles. The zero-order valence-corrected chi connectivity index (χ0v) is 40.8. The number of nitrogens with one attached hydrogen (secondary N) is 4. The Balaban J connectivity index is 0.955. The maximum absolute atomic E-state index is 12.7. The highest BCUT2D eigenvalue weighted by Gasteiger charge is 2.22. The van der Waals surface area contributed by atoms with Gasteiger partial charge >= 0.3 is 12.1 Å². The maximum Gasteiger partial charge on any atom is 0.407 e. The van der Waals surface area contributed by atoms with Crippen LogP contribution in [0.3, 0.4) is 0 Å². The Hall–Kier alpha value is -7.26. The van der Waals surface area contributed by atoms with Gasteiger partial charge in [-0.2, -0.15) is 4.98 Å². The van der Waals surface area contributed by atoms with E-state index in [4.69, 9.17) is 5.73 Å². The number of ether oxygens (including phenoxy) is 1. The number of hydrogen-bond donors (Lipinski definition) is 6. The first-order valence-corrected chi connectivity index (χ1v) is 20.4. The molecule has 1 aromatic carbocycles. The van der Waals surface area contributed by atoms with Gasteiger partial charge in [0, 0.05) is 196 Å². The van der Waals surface area contributed by atoms with E-state index in [9.17, 15) is 29.1 Å². The molecule has 0 saturated carbocycles. The quantitative estimate of drug-likeness (QED) is 0.0147. The highest BCUT2D eigenvalue weighted by molar-refractivity contribution is 5.96. The summed E-state index contributed by atoms with van der Waals surface area (Å²) in [5.41, 5.74) is 6.60. The van der Waals surface area contributed by atoms with Gasteiger partial charge in [-0.3, -0.25) is 19.4 Å². The Bertz CT molecular complexity index is 2310. The van der Waals surface area contributed by atoms with Crippen molar-refractivity contribution in [1.82, 2.24) is 35.9 Å². The van der Waals surface area contributed by atoms with Crippen molar-refractivity contribution >= 4 is 41.0 Å². The molecule has 2 heterocycles. The number of anilines is 1. The fourth-order valence-corrected chi connectivity index (χ4v) is 4.10. The molecule has 3 aromatic rings. The molecule has 1 atom stereocenters. The number of aryl methyl sites for hydroxylation is 2. The van der Waals surface area contributed by atoms with E-state index in [1.54, 1.807) is 19.1 Å². The number of amides is 3. The SMILES string of the molecule is CCNC(=O)OCCOOOOOOOOOOOOOOOOOOOOOOOOOOOOOOOOOOOOOOOOOOOO/C=C\NC(=O)CC[C@H](NC(=O)c1ccc(CCc2cnc3nc(N)[nH]c(=O)c3n2)cc1)C(=O)O. The Morgan fingerprint density at radius 3 is 1.44 bits per heavy atom. The Labute approximate surface area is 461 Å². The third-order valence-electron chi connectivity index (χ3n) is 6.95. The Morgan fingerprint density at radius 1 is 0.581 bits per heavy atom. The van der Waals surface area contributed by atoms with Crippen LogP contribution in [0.15, 0.2) is 47.7 Å². The molecule has 3 amide bonds. The number of rotatable bonds is 58. The van der Waals surface area contributed by atoms with Gasteiger partial charge in [-0.1, -0.05) is 12.1 Å². The van der Waals surface area contributed by atoms with E-state index in [0.717, 1.165) is 11.8 Å². The predicted molar refractivity (Wildman–Crippen MR) is 199 cm³/mol. The van der Waals surface area contributed by atoms with Crippen LogP contribution in [-0.2, 0) is 249 Å². The Morgan fingerprint density at radius 2 is 1.01 bits per heavy atom. The summed E-state index contributed by atoms with van der Waals surface area (Å²) in [6.07, 6.45) is 2.58. The highest BCUT2D eigenvalue weighted by atomic mass is 18.0. The fraction of sp³-hybridized carbons (Fsp3) is 0.333. The number of alkyl carbamates (subject to hydrolysis) is 1. The molecular formula is C27H32N8O51. The number of nitrogens with zero attached hydrogens (tertiary/aromatic N) is 3. The number of H-pyrrole nitrogens is 1. The topological polar surface area (TPSA) is 638 Å². The van der Waals surface area contributed by atoms with Gasteiger partial charge in [-0.05, 0) is 84.2 Å². The van der Waals surface area contributed by atoms with Crippen LogP contribution in [0.4, 0.5) is 10.7 Å². The number of aromatic nitrogens is 4. The van der Waals surface area contributed by atoms with E-state index in [2.05, 4.69) is 262 Å². The first-order chi connectivity index (χ1) is 42.2. The van der Waals surface area contributed by atoms with E-state index in [0.29, 0.717) is 31.3 Å². The highest BCUT2D eigenvalue weighted by Crippen LogP contribution is 2.11. The number of carboxylic acids is 1. The summed E-state index contributed by atoms with van der Waals surface area (Å²) < 4.78 is 4.60. The number of benzene rings is 1. The van der Waals surface area contributed by atoms with Crippen molar-refractivity contribution in [2.75, 3.05) is 25.5 Å². The van der Waals surface area contributed by atoms with Gasteiger partial charge in [0.2, 0.25) is 11.9 Å². The molecule has 0 unspecified atom stereocenters. The lowest BCUT2D eigenvalue weighted by Crippen LogP contribution is -2.41. The van der Waals surface area contributed by atoms with E-state index in [1.165, 1.54) is 18.3 Å². The zero-order valence-electron chi connectivity index (χ0n) is 40.8. The molecule has 59 heteroatoms. The predicted octanol–water partition coefficient (Wildman–Crippen LogP) is -2.55. The summed E-state index contributed by atoms with van der Waals surface area (Å²) in [7, 11) is 0. The van der Waals surface area contributed by atoms with Crippen molar-refractivity contribution in [2.24, 2.45) is 0 Å². The number of nitrogens with two attached hydrogens (primary N) is 1. The minimum absolute atomic E-state index is 0.0368. The lowest BCUT2D eigenvalue weighted by Gasteiger charge is -2.14. The monoisotopic (exact) mass is 1280 g/mol. The zero-order chi connectivity index (χ0) is 61.6. The molecule has 0 aliphatic carbocycles. The molecule has 486 valence electrons. The number of carbonyl (C=O) groups is 4. The first kappa shape index (κ1) is 73.0. The molecule has 3 rings (SSSR count). The summed E-state index contributed by atoms with van der Waals surface area (Å²) in [4.78, 5) is 82.9. The first-order valence-electron chi connectivity index (χ1n) is 20.4. The molecule has 0 aliphatic rings. The average molecular weight is 1280 g/mol. The molecule has 0 radical (unpaired) electrons. The smallest absolute Gasteiger partial charge is 0.407 e. The van der Waals surface area contributed by atoms with Crippen molar-refractivity contribution in [3.8, 4) is 0 Å². The van der Waals surface area contributed by atoms with Gasteiger partial charge in [-0.25, -0.2) is 24.4 Å². The van der Waals surface area contributed by atoms with Crippen LogP contribution in [0.2, 0.25) is 0 Å². The summed E-state index contributed by atoms with van der Waals surface area (Å²) in [5, 5.41) is 167. The summed E-state index contributed by atoms with van der Waals surface area (Å²) >= 11 is 0. The van der Waals surface area contributed by atoms with Crippen LogP contribution in [-0.4, -0.2) is 74.7 Å². The molecule has 0 fully saturated rings. The van der Waals surface area contributed by atoms with Crippen LogP contribution in [0.5, 0.6) is 0 Å². The molecular weight excluding hydrogens is 1250 g/mol. The van der Waals surface area contributed by atoms with Gasteiger partial charge < -0.3 is 36.4 Å². The normalized spacial score (nSPS) is 11.8. The van der Waals surface area contributed by atoms with Crippen LogP contribution < -0.4 is 27.2 Å². The molecule has 0 aliphatic heterocycles. The molecule has 0 spiro atoms. The second kappa shape index (κ2) is 51.0. The lowest BCUT2D eigenvalue weighted by atomic mass is 10.1. The summed E-state index contributed by atoms with van der Waals surface area (Å²) in [6, 6.07) is 4.84. The van der Waals surface area contributed by atoms with Gasteiger partial charge in [0.15, 0.2) is 11.2 Å². The molecule has 59 nitrogen and oxygen atoms in total. The second-order valence-corrected chi connectivity index (χ2v) is 11.9. The number of hydrogen-bond acceptors (Lipinski definition) is 54. The molecule has 7 N–H and O–H groups in total. The van der Waals surface area contributed by atoms with Crippen molar-refractivity contribution in [3.63, 3.8) is 0 Å². The lowest BCUT2D eigenvalue weighted by molar-refractivity contribution is -0.909. The number of fused-ring (bicyclic) bond motifs is 1. The minimum atomic E-state index is -1.44. The van der Waals surface area contributed by atoms with Gasteiger partial charge in [0.05, 0.1) is 11.9 Å². The van der Waals surface area contributed by atoms with Crippen molar-refractivity contribution in [3.05, 3.63) is 70.1 Å². The Kier molecular flexibility index (Phi) is 43.3. The fourth-order valence-electron chi connectivity index (χ4n) is 4.10. The third-order valence-corrected chi connectivity index (χ3v) is 6.95. The summed E-state index contributed by atoms with van der Waals surface area (Å²) in [5.74, 6) is -2.89. The van der Waals surface area contributed by atoms with Gasteiger partial charge in [0.25, 0.3) is 11.5 Å². The molecule has 2 aromatic heterocycles. The molecule has 86 heavy (non-hydrogen) atoms. The van der Waals surface area contributed by atoms with Gasteiger partial charge in [-0.15, -0.1) is 0 Å². The number of carboxylic acid groups (broad SMARTS) is 1. The van der Waals surface area contributed by atoms with Crippen molar-refractivity contribution in [1.29, 1.82) is 0 Å². The standard InChI is InChI=1S/C27H32N8O51/c1-2-29-27(41)42-13-14-44-46-48-50-52-54-56-58-60-62-64-66-68-70-72-74-76-78-80-82-84-86-85-83-81-79-77-75-73-71-69-67-65-63-61-59-57-55-53-51-49-47-45-43-12-11-30-20(36)10-9-19(25(39)40)33-23(37)17-6-3-16(4-7-17)5-8-18-15-31-22-21(32-18)24(38)35-26(28)34-22/h3-4,6-7,11-12,15,19H,2,5,8-10,13-14H2,1H3,(H,29,41)(H,30,36)(H,33,37)(H,39,40)(H3,28,31,34,35,38)/b12-11-/t19-/m0/s1. The molecule has 0 bridgehead atoms. The third kappa shape index (κ3) is 39.4. The van der Waals surface area contributed by atoms with Crippen molar-refractivity contribution in [2.45, 2.75) is 38.6 Å². The average Bonchev–Trinajstić information content (AvgIpc) is 2.53. The van der Waals surface area contributed by atoms with Crippen LogP contribution in [0.1, 0.15) is 41.4 Å². The van der Waals surface area contributed by atoms with Crippen LogP contribution in [0, 0.1) is 0 Å². The van der Waals surface area contributed by atoms with E-state index in [-0.39, 0.29) is 48.7 Å². The maximum atomic E-state index is 12.7. The number of aromatic amines is 1. The van der Waals surface area contributed by atoms with Crippen LogP contribution >= 0.6 is 0 Å². The van der Waals surface area contributed by atoms with Crippen molar-refractivity contribution < 1.29 is 250 Å².